The zero-order chi connectivity index (χ0) is 17.9. The minimum absolute atomic E-state index is 0.0338. The van der Waals surface area contributed by atoms with Crippen LogP contribution in [0.25, 0.3) is 0 Å². The zero-order valence-electron chi connectivity index (χ0n) is 14.9. The van der Waals surface area contributed by atoms with Gasteiger partial charge in [-0.25, -0.2) is 0 Å². The van der Waals surface area contributed by atoms with Crippen LogP contribution in [0.5, 0.6) is 0 Å². The fourth-order valence-electron chi connectivity index (χ4n) is 2.42. The summed E-state index contributed by atoms with van der Waals surface area (Å²) < 4.78 is 0. The lowest BCUT2D eigenvalue weighted by atomic mass is 10.2. The summed E-state index contributed by atoms with van der Waals surface area (Å²) in [7, 11) is 0. The third-order valence-corrected chi connectivity index (χ3v) is 4.72. The molecule has 1 aromatic rings. The molecule has 2 rings (SSSR count). The van der Waals surface area contributed by atoms with Gasteiger partial charge in [0.05, 0.1) is 0 Å². The van der Waals surface area contributed by atoms with E-state index in [4.69, 9.17) is 0 Å². The summed E-state index contributed by atoms with van der Waals surface area (Å²) in [4.78, 5) is 31.1. The summed E-state index contributed by atoms with van der Waals surface area (Å²) in [6, 6.07) is 7.76. The second-order valence-corrected chi connectivity index (χ2v) is 7.70. The quantitative estimate of drug-likeness (QED) is 0.887. The topological polar surface area (TPSA) is 61.8 Å². The zero-order valence-corrected chi connectivity index (χ0v) is 15.7. The van der Waals surface area contributed by atoms with E-state index >= 15 is 0 Å². The van der Waals surface area contributed by atoms with E-state index in [1.165, 1.54) is 11.8 Å². The summed E-state index contributed by atoms with van der Waals surface area (Å²) in [5, 5.41) is 3.17. The van der Waals surface area contributed by atoms with Gasteiger partial charge in [0.15, 0.2) is 5.17 Å². The van der Waals surface area contributed by atoms with E-state index in [0.29, 0.717) is 0 Å². The smallest absolute Gasteiger partial charge is 0.242 e. The Labute approximate surface area is 147 Å². The third kappa shape index (κ3) is 4.60. The standard InChI is InChI=1S/C18H25N3O2S/c1-11(2)19-18-21(12(3)4)17(23)15(24-18)10-16(22)20-14-8-6-13(5)7-9-14/h6-9,11-12,15H,10H2,1-5H3,(H,20,22)/t15-/m0/s1. The van der Waals surface area contributed by atoms with Gasteiger partial charge in [-0.05, 0) is 46.8 Å². The van der Waals surface area contributed by atoms with Crippen LogP contribution >= 0.6 is 11.8 Å². The highest BCUT2D eigenvalue weighted by molar-refractivity contribution is 8.15. The molecule has 1 saturated heterocycles. The monoisotopic (exact) mass is 347 g/mol. The fourth-order valence-corrected chi connectivity index (χ4v) is 3.81. The number of rotatable bonds is 5. The van der Waals surface area contributed by atoms with Gasteiger partial charge >= 0.3 is 0 Å². The highest BCUT2D eigenvalue weighted by Gasteiger charge is 2.40. The molecule has 24 heavy (non-hydrogen) atoms. The lowest BCUT2D eigenvalue weighted by Crippen LogP contribution is -2.38. The molecule has 1 N–H and O–H groups in total. The number of nitrogens with one attached hydrogen (secondary N) is 1. The first-order chi connectivity index (χ1) is 11.3. The van der Waals surface area contributed by atoms with Crippen molar-refractivity contribution in [3.8, 4) is 0 Å². The minimum atomic E-state index is -0.407. The molecule has 0 bridgehead atoms. The molecule has 1 fully saturated rings. The van der Waals surface area contributed by atoms with Gasteiger partial charge < -0.3 is 5.32 Å². The number of anilines is 1. The molecule has 1 aromatic carbocycles. The molecule has 5 nitrogen and oxygen atoms in total. The first-order valence-electron chi connectivity index (χ1n) is 8.22. The molecule has 0 saturated carbocycles. The van der Waals surface area contributed by atoms with E-state index in [9.17, 15) is 9.59 Å². The van der Waals surface area contributed by atoms with Gasteiger partial charge in [-0.15, -0.1) is 0 Å². The van der Waals surface area contributed by atoms with Crippen molar-refractivity contribution < 1.29 is 9.59 Å². The number of hydrogen-bond acceptors (Lipinski definition) is 4. The van der Waals surface area contributed by atoms with Crippen molar-refractivity contribution in [1.29, 1.82) is 0 Å². The van der Waals surface area contributed by atoms with E-state index in [2.05, 4.69) is 10.3 Å². The molecule has 2 amide bonds. The number of hydrogen-bond donors (Lipinski definition) is 1. The Kier molecular flexibility index (Phi) is 6.04. The molecule has 130 valence electrons. The highest BCUT2D eigenvalue weighted by atomic mass is 32.2. The molecule has 0 radical (unpaired) electrons. The van der Waals surface area contributed by atoms with Crippen molar-refractivity contribution in [2.45, 2.75) is 58.4 Å². The van der Waals surface area contributed by atoms with Crippen LogP contribution in [-0.4, -0.2) is 39.2 Å². The molecule has 0 aromatic heterocycles. The maximum absolute atomic E-state index is 12.6. The Morgan fingerprint density at radius 3 is 2.42 bits per heavy atom. The van der Waals surface area contributed by atoms with E-state index in [1.807, 2.05) is 58.9 Å². The van der Waals surface area contributed by atoms with Crippen LogP contribution in [0.3, 0.4) is 0 Å². The van der Waals surface area contributed by atoms with Crippen LogP contribution in [0.1, 0.15) is 39.7 Å². The number of thioether (sulfide) groups is 1. The van der Waals surface area contributed by atoms with Crippen LogP contribution < -0.4 is 5.32 Å². The molecule has 1 heterocycles. The largest absolute Gasteiger partial charge is 0.326 e. The maximum atomic E-state index is 12.6. The first-order valence-corrected chi connectivity index (χ1v) is 9.10. The van der Waals surface area contributed by atoms with Crippen LogP contribution in [0.2, 0.25) is 0 Å². The minimum Gasteiger partial charge on any atom is -0.326 e. The summed E-state index contributed by atoms with van der Waals surface area (Å²) in [6.07, 6.45) is 0.151. The summed E-state index contributed by atoms with van der Waals surface area (Å²) in [6.45, 7) is 9.88. The van der Waals surface area contributed by atoms with Crippen LogP contribution in [0, 0.1) is 6.92 Å². The van der Waals surface area contributed by atoms with Gasteiger partial charge in [0.1, 0.15) is 5.25 Å². The number of aryl methyl sites for hydroxylation is 1. The van der Waals surface area contributed by atoms with E-state index < -0.39 is 5.25 Å². The second-order valence-electron chi connectivity index (χ2n) is 6.53. The Morgan fingerprint density at radius 2 is 1.88 bits per heavy atom. The Bertz CT molecular complexity index is 638. The van der Waals surface area contributed by atoms with Gasteiger partial charge in [-0.2, -0.15) is 0 Å². The molecule has 0 spiro atoms. The SMILES string of the molecule is Cc1ccc(NC(=O)C[C@@H]2SC(=NC(C)C)N(C(C)C)C2=O)cc1. The van der Waals surface area contributed by atoms with Crippen LogP contribution in [-0.2, 0) is 9.59 Å². The predicted octanol–water partition coefficient (Wildman–Crippen LogP) is 3.44. The van der Waals surface area contributed by atoms with E-state index in [1.54, 1.807) is 4.90 Å². The van der Waals surface area contributed by atoms with Crippen molar-refractivity contribution in [1.82, 2.24) is 4.90 Å². The molecule has 1 atom stereocenters. The maximum Gasteiger partial charge on any atom is 0.242 e. The van der Waals surface area contributed by atoms with E-state index in [0.717, 1.165) is 16.4 Å². The molecule has 1 aliphatic heterocycles. The number of aliphatic imine (C=N–C) groups is 1. The van der Waals surface area contributed by atoms with E-state index in [-0.39, 0.29) is 30.3 Å². The third-order valence-electron chi connectivity index (χ3n) is 3.56. The van der Waals surface area contributed by atoms with Crippen molar-refractivity contribution in [2.24, 2.45) is 4.99 Å². The number of nitrogens with zero attached hydrogens (tertiary/aromatic N) is 2. The van der Waals surface area contributed by atoms with Gasteiger partial charge in [-0.1, -0.05) is 29.5 Å². The van der Waals surface area contributed by atoms with Gasteiger partial charge in [0.2, 0.25) is 11.8 Å². The second kappa shape index (κ2) is 7.83. The lowest BCUT2D eigenvalue weighted by molar-refractivity contribution is -0.129. The van der Waals surface area contributed by atoms with Gasteiger partial charge in [-0.3, -0.25) is 19.5 Å². The Morgan fingerprint density at radius 1 is 1.25 bits per heavy atom. The van der Waals surface area contributed by atoms with Gasteiger partial charge in [0, 0.05) is 24.2 Å². The molecular weight excluding hydrogens is 322 g/mol. The average molecular weight is 347 g/mol. The number of carbonyl (C=O) groups is 2. The average Bonchev–Trinajstić information content (AvgIpc) is 2.76. The van der Waals surface area contributed by atoms with Crippen LogP contribution in [0.4, 0.5) is 5.69 Å². The van der Waals surface area contributed by atoms with Crippen LogP contribution in [0.15, 0.2) is 29.3 Å². The van der Waals surface area contributed by atoms with Crippen molar-refractivity contribution >= 4 is 34.4 Å². The summed E-state index contributed by atoms with van der Waals surface area (Å²) >= 11 is 1.39. The normalized spacial score (nSPS) is 19.6. The van der Waals surface area contributed by atoms with Gasteiger partial charge in [0.25, 0.3) is 0 Å². The Balaban J connectivity index is 2.05. The number of carbonyl (C=O) groups excluding carboxylic acids is 2. The number of amides is 2. The molecule has 6 heteroatoms. The highest BCUT2D eigenvalue weighted by Crippen LogP contribution is 2.31. The Hall–Kier alpha value is -1.82. The summed E-state index contributed by atoms with van der Waals surface area (Å²) in [5.41, 5.74) is 1.88. The number of amidine groups is 1. The molecule has 1 aliphatic rings. The predicted molar refractivity (Wildman–Crippen MR) is 100 cm³/mol. The first kappa shape index (κ1) is 18.5. The van der Waals surface area contributed by atoms with Crippen molar-refractivity contribution in [3.63, 3.8) is 0 Å². The summed E-state index contributed by atoms with van der Waals surface area (Å²) in [5.74, 6) is -0.187. The molecular formula is C18H25N3O2S. The van der Waals surface area contributed by atoms with Crippen molar-refractivity contribution in [3.05, 3.63) is 29.8 Å². The van der Waals surface area contributed by atoms with Crippen molar-refractivity contribution in [2.75, 3.05) is 5.32 Å². The molecule has 0 aliphatic carbocycles. The number of benzene rings is 1. The molecule has 0 unspecified atom stereocenters. The fraction of sp³-hybridized carbons (Fsp3) is 0.500. The lowest BCUT2D eigenvalue weighted by Gasteiger charge is -2.21.